The van der Waals surface area contributed by atoms with Crippen LogP contribution in [0.25, 0.3) is 0 Å². The first-order valence-electron chi connectivity index (χ1n) is 20.3. The van der Waals surface area contributed by atoms with Crippen LogP contribution in [0.5, 0.6) is 0 Å². The van der Waals surface area contributed by atoms with Gasteiger partial charge in [0.05, 0.1) is 19.3 Å². The molecule has 5 aliphatic rings. The van der Waals surface area contributed by atoms with Crippen LogP contribution in [-0.4, -0.2) is 46.7 Å². The molecular weight excluding hydrogens is 654 g/mol. The van der Waals surface area contributed by atoms with Gasteiger partial charge >= 0.3 is 17.9 Å². The number of hydrogen-bond acceptors (Lipinski definition) is 5. The number of aliphatic carboxylic acids is 2. The Hall–Kier alpha value is -2.38. The van der Waals surface area contributed by atoms with Crippen LogP contribution in [-0.2, 0) is 23.9 Å². The van der Waals surface area contributed by atoms with E-state index in [0.717, 1.165) is 64.2 Å². The Bertz CT molecular complexity index is 1470. The fraction of sp³-hybridized carbons (Fsp3) is 0.864. The van der Waals surface area contributed by atoms with Crippen molar-refractivity contribution in [1.29, 1.82) is 0 Å². The van der Waals surface area contributed by atoms with Crippen LogP contribution in [0.4, 0.5) is 0 Å². The van der Waals surface area contributed by atoms with E-state index in [0.29, 0.717) is 24.3 Å². The van der Waals surface area contributed by atoms with Crippen molar-refractivity contribution in [1.82, 2.24) is 5.32 Å². The highest BCUT2D eigenvalue weighted by Gasteiger charge is 2.68. The highest BCUT2D eigenvalue weighted by molar-refractivity contribution is 5.78. The van der Waals surface area contributed by atoms with Gasteiger partial charge in [-0.05, 0) is 120 Å². The van der Waals surface area contributed by atoms with E-state index in [1.807, 2.05) is 27.7 Å². The van der Waals surface area contributed by atoms with Gasteiger partial charge in [-0.3, -0.25) is 19.2 Å². The van der Waals surface area contributed by atoms with Crippen LogP contribution in [0.3, 0.4) is 0 Å². The van der Waals surface area contributed by atoms with Gasteiger partial charge in [-0.1, -0.05) is 87.8 Å². The van der Waals surface area contributed by atoms with Crippen LogP contribution >= 0.6 is 0 Å². The molecule has 0 aliphatic heterocycles. The fourth-order valence-corrected chi connectivity index (χ4v) is 13.2. The quantitative estimate of drug-likeness (QED) is 0.143. The topological polar surface area (TPSA) is 130 Å². The van der Waals surface area contributed by atoms with Gasteiger partial charge in [-0.25, -0.2) is 0 Å². The minimum Gasteiger partial charge on any atom is -0.481 e. The van der Waals surface area contributed by atoms with Crippen molar-refractivity contribution in [3.8, 4) is 0 Å². The first kappa shape index (κ1) is 40.8. The maximum atomic E-state index is 13.3. The second-order valence-corrected chi connectivity index (χ2v) is 22.0. The molecule has 8 atom stereocenters. The molecule has 5 rings (SSSR count). The molecule has 8 heteroatoms. The maximum Gasteiger partial charge on any atom is 0.306 e. The van der Waals surface area contributed by atoms with E-state index in [4.69, 9.17) is 4.74 Å². The zero-order valence-corrected chi connectivity index (χ0v) is 34.4. The molecule has 0 saturated heterocycles. The van der Waals surface area contributed by atoms with Gasteiger partial charge in [0, 0.05) is 18.4 Å². The normalized spacial score (nSPS) is 37.9. The lowest BCUT2D eigenvalue weighted by atomic mass is 9.33. The van der Waals surface area contributed by atoms with E-state index in [9.17, 15) is 29.4 Å². The number of rotatable bonds is 11. The van der Waals surface area contributed by atoms with Crippen molar-refractivity contribution < 1.29 is 34.1 Å². The molecule has 4 saturated carbocycles. The third kappa shape index (κ3) is 7.36. The number of carboxylic acids is 2. The first-order chi connectivity index (χ1) is 23.7. The van der Waals surface area contributed by atoms with Crippen molar-refractivity contribution in [2.45, 2.75) is 172 Å². The van der Waals surface area contributed by atoms with E-state index in [-0.39, 0.29) is 76.2 Å². The summed E-state index contributed by atoms with van der Waals surface area (Å²) in [6, 6.07) is 0. The van der Waals surface area contributed by atoms with Gasteiger partial charge in [0.15, 0.2) is 0 Å². The van der Waals surface area contributed by atoms with Gasteiger partial charge in [0.25, 0.3) is 0 Å². The predicted molar refractivity (Wildman–Crippen MR) is 203 cm³/mol. The lowest BCUT2D eigenvalue weighted by Gasteiger charge is -2.71. The molecule has 8 nitrogen and oxygen atoms in total. The highest BCUT2D eigenvalue weighted by atomic mass is 16.5. The van der Waals surface area contributed by atoms with Crippen molar-refractivity contribution in [3.63, 3.8) is 0 Å². The molecule has 294 valence electrons. The maximum absolute atomic E-state index is 13.3. The number of fused-ring (bicyclic) bond motifs is 7. The van der Waals surface area contributed by atoms with Crippen LogP contribution in [0.2, 0.25) is 0 Å². The zero-order valence-electron chi connectivity index (χ0n) is 34.4. The van der Waals surface area contributed by atoms with Gasteiger partial charge in [-0.2, -0.15) is 0 Å². The van der Waals surface area contributed by atoms with E-state index >= 15 is 0 Å². The summed E-state index contributed by atoms with van der Waals surface area (Å²) >= 11 is 0. The van der Waals surface area contributed by atoms with Crippen LogP contribution in [0.1, 0.15) is 166 Å². The van der Waals surface area contributed by atoms with Crippen molar-refractivity contribution in [2.75, 3.05) is 6.54 Å². The van der Waals surface area contributed by atoms with Gasteiger partial charge in [0.1, 0.15) is 6.10 Å². The van der Waals surface area contributed by atoms with Crippen molar-refractivity contribution in [2.24, 2.45) is 61.1 Å². The summed E-state index contributed by atoms with van der Waals surface area (Å²) in [5.41, 5.74) is 0.723. The summed E-state index contributed by atoms with van der Waals surface area (Å²) in [6.45, 7) is 25.2. The summed E-state index contributed by atoms with van der Waals surface area (Å²) < 4.78 is 6.26. The summed E-state index contributed by atoms with van der Waals surface area (Å²) in [5.74, 6) is -0.765. The number of esters is 1. The van der Waals surface area contributed by atoms with Gasteiger partial charge in [0.2, 0.25) is 5.91 Å². The second kappa shape index (κ2) is 13.4. The second-order valence-electron chi connectivity index (χ2n) is 22.0. The van der Waals surface area contributed by atoms with E-state index in [1.54, 1.807) is 5.57 Å². The van der Waals surface area contributed by atoms with E-state index < -0.39 is 22.8 Å². The minimum absolute atomic E-state index is 0.0146. The molecule has 5 aliphatic carbocycles. The molecular formula is C44H71NO7. The average Bonchev–Trinajstić information content (AvgIpc) is 2.96. The Morgan fingerprint density at radius 2 is 1.37 bits per heavy atom. The largest absolute Gasteiger partial charge is 0.481 e. The fourth-order valence-electron chi connectivity index (χ4n) is 13.2. The number of nitrogens with one attached hydrogen (secondary N) is 1. The van der Waals surface area contributed by atoms with Crippen molar-refractivity contribution in [3.05, 3.63) is 11.6 Å². The van der Waals surface area contributed by atoms with E-state index in [2.05, 4.69) is 59.9 Å². The highest BCUT2D eigenvalue weighted by Crippen LogP contribution is 2.75. The SMILES string of the molecule is CC(C)(CC(=O)O)CC(=O)NC[C@]12CCC(C)(C)C[C@H]1C1=CC[C@@H]3[C@@]4(C)CC[C@H](OC(=O)CC(C)(C)CC(=O)O)C(C)(C)[C@@H]4CC[C@@]3(C)[C@]1(C)CC2. The molecule has 52 heavy (non-hydrogen) atoms. The lowest BCUT2D eigenvalue weighted by Crippen LogP contribution is -2.65. The molecule has 0 radical (unpaired) electrons. The number of hydrogen-bond donors (Lipinski definition) is 3. The Balaban J connectivity index is 1.38. The first-order valence-corrected chi connectivity index (χ1v) is 20.3. The molecule has 0 aromatic rings. The number of ether oxygens (including phenoxy) is 1. The third-order valence-electron chi connectivity index (χ3n) is 16.2. The number of carbonyl (C=O) groups is 4. The number of carboxylic acid groups (broad SMARTS) is 2. The van der Waals surface area contributed by atoms with E-state index in [1.165, 1.54) is 0 Å². The smallest absolute Gasteiger partial charge is 0.306 e. The average molecular weight is 726 g/mol. The molecule has 1 amide bonds. The van der Waals surface area contributed by atoms with Crippen LogP contribution in [0.15, 0.2) is 11.6 Å². The monoisotopic (exact) mass is 726 g/mol. The lowest BCUT2D eigenvalue weighted by molar-refractivity contribution is -0.213. The molecule has 0 aromatic heterocycles. The summed E-state index contributed by atoms with van der Waals surface area (Å²) in [4.78, 5) is 49.3. The van der Waals surface area contributed by atoms with Crippen molar-refractivity contribution >= 4 is 23.8 Å². The van der Waals surface area contributed by atoms with Gasteiger partial charge < -0.3 is 20.3 Å². The summed E-state index contributed by atoms with van der Waals surface area (Å²) in [7, 11) is 0. The zero-order chi connectivity index (χ0) is 38.9. The van der Waals surface area contributed by atoms with Crippen LogP contribution < -0.4 is 5.32 Å². The Morgan fingerprint density at radius 1 is 0.769 bits per heavy atom. The molecule has 0 heterocycles. The summed E-state index contributed by atoms with van der Waals surface area (Å²) in [5, 5.41) is 22.0. The molecule has 0 unspecified atom stereocenters. The molecule has 4 fully saturated rings. The van der Waals surface area contributed by atoms with Crippen LogP contribution in [0, 0.1) is 61.1 Å². The minimum atomic E-state index is -0.896. The molecule has 0 spiro atoms. The number of amides is 1. The molecule has 3 N–H and O–H groups in total. The summed E-state index contributed by atoms with van der Waals surface area (Å²) in [6.07, 6.45) is 13.4. The Morgan fingerprint density at radius 3 is 1.98 bits per heavy atom. The van der Waals surface area contributed by atoms with Gasteiger partial charge in [-0.15, -0.1) is 0 Å². The predicted octanol–water partition coefficient (Wildman–Crippen LogP) is 9.60. The molecule has 0 aromatic carbocycles. The Labute approximate surface area is 314 Å². The molecule has 0 bridgehead atoms. The standard InChI is InChI=1S/C44H71NO7/c1-37(2)18-20-44(27-45-33(46)23-38(3,4)24-34(47)48)21-19-42(10)28(29(44)22-37)12-13-31-41(9)16-15-32(40(7,8)30(41)14-17-43(31,42)11)52-36(51)26-39(5,6)25-35(49)50/h12,29-32H,13-27H2,1-11H3,(H,45,46)(H,47,48)(H,49,50)/t29-,30-,31+,32-,41-,42+,43+,44+/m0/s1. The number of allylic oxidation sites excluding steroid dienone is 2. The third-order valence-corrected chi connectivity index (χ3v) is 16.2. The number of carbonyl (C=O) groups excluding carboxylic acids is 2. The Kier molecular flexibility index (Phi) is 10.5.